The third-order valence-corrected chi connectivity index (χ3v) is 3.78. The summed E-state index contributed by atoms with van der Waals surface area (Å²) in [6.45, 7) is -0.344. The monoisotopic (exact) mass is 316 g/mol. The number of rotatable bonds is 2. The molecule has 1 aromatic rings. The number of H-pyrrole nitrogens is 1. The fourth-order valence-corrected chi connectivity index (χ4v) is 2.53. The predicted octanol–water partition coefficient (Wildman–Crippen LogP) is -0.729. The Morgan fingerprint density at radius 2 is 2.09 bits per heavy atom. The highest BCUT2D eigenvalue weighted by molar-refractivity contribution is 5.35. The third kappa shape index (κ3) is 3.19. The van der Waals surface area contributed by atoms with Gasteiger partial charge in [0.05, 0.1) is 18.6 Å². The van der Waals surface area contributed by atoms with Gasteiger partial charge in [-0.05, 0) is 0 Å². The molecule has 3 rings (SSSR count). The van der Waals surface area contributed by atoms with Gasteiger partial charge in [0.2, 0.25) is 0 Å². The highest BCUT2D eigenvalue weighted by Crippen LogP contribution is 2.27. The number of aliphatic hydroxyl groups is 2. The van der Waals surface area contributed by atoms with Crippen LogP contribution >= 0.6 is 0 Å². The fourth-order valence-electron chi connectivity index (χ4n) is 2.53. The predicted molar refractivity (Wildman–Crippen MR) is 81.6 cm³/mol. The Bertz CT molecular complexity index is 811. The van der Waals surface area contributed by atoms with Crippen LogP contribution in [0.15, 0.2) is 40.1 Å². The Balaban J connectivity index is 1.91. The summed E-state index contributed by atoms with van der Waals surface area (Å²) in [4.78, 5) is 26.0. The second-order valence-corrected chi connectivity index (χ2v) is 5.39. The van der Waals surface area contributed by atoms with Crippen molar-refractivity contribution in [2.75, 3.05) is 6.61 Å². The van der Waals surface area contributed by atoms with Gasteiger partial charge in [-0.25, -0.2) is 4.79 Å². The summed E-state index contributed by atoms with van der Waals surface area (Å²) < 4.78 is 6.62. The first-order valence-electron chi connectivity index (χ1n) is 7.25. The van der Waals surface area contributed by atoms with Gasteiger partial charge in [-0.15, -0.1) is 0 Å². The van der Waals surface area contributed by atoms with E-state index in [9.17, 15) is 14.7 Å². The highest BCUT2D eigenvalue weighted by atomic mass is 16.5. The summed E-state index contributed by atoms with van der Waals surface area (Å²) in [5.41, 5.74) is -1.07. The van der Waals surface area contributed by atoms with Gasteiger partial charge in [-0.1, -0.05) is 36.1 Å². The molecule has 0 spiro atoms. The van der Waals surface area contributed by atoms with Gasteiger partial charge in [0.15, 0.2) is 0 Å². The maximum atomic E-state index is 12.0. The largest absolute Gasteiger partial charge is 0.394 e. The van der Waals surface area contributed by atoms with E-state index in [2.05, 4.69) is 16.8 Å². The quantitative estimate of drug-likeness (QED) is 0.624. The van der Waals surface area contributed by atoms with Crippen molar-refractivity contribution >= 4 is 0 Å². The van der Waals surface area contributed by atoms with Crippen LogP contribution in [0.4, 0.5) is 0 Å². The summed E-state index contributed by atoms with van der Waals surface area (Å²) in [5, 5.41) is 18.9. The van der Waals surface area contributed by atoms with E-state index in [1.54, 1.807) is 0 Å². The lowest BCUT2D eigenvalue weighted by Crippen LogP contribution is -2.33. The molecule has 2 heterocycles. The van der Waals surface area contributed by atoms with E-state index in [0.717, 1.165) is 0 Å². The number of aromatic nitrogens is 2. The topological polar surface area (TPSA) is 105 Å². The van der Waals surface area contributed by atoms with E-state index >= 15 is 0 Å². The lowest BCUT2D eigenvalue weighted by atomic mass is 10.1. The minimum Gasteiger partial charge on any atom is -0.394 e. The molecule has 3 atom stereocenters. The van der Waals surface area contributed by atoms with Gasteiger partial charge in [0, 0.05) is 12.6 Å². The number of allylic oxidation sites excluding steroid dienone is 4. The van der Waals surface area contributed by atoms with Crippen LogP contribution in [0.3, 0.4) is 0 Å². The minimum atomic E-state index is -0.868. The van der Waals surface area contributed by atoms with Crippen molar-refractivity contribution in [3.63, 3.8) is 0 Å². The number of nitrogens with zero attached hydrogens (tertiary/aromatic N) is 1. The Labute approximate surface area is 131 Å². The van der Waals surface area contributed by atoms with E-state index in [1.165, 1.54) is 10.8 Å². The zero-order valence-electron chi connectivity index (χ0n) is 12.2. The molecule has 7 nitrogen and oxygen atoms in total. The molecule has 1 aromatic heterocycles. The fraction of sp³-hybridized carbons (Fsp3) is 0.375. The van der Waals surface area contributed by atoms with E-state index in [4.69, 9.17) is 9.84 Å². The Kier molecular flexibility index (Phi) is 4.30. The molecule has 0 aromatic carbocycles. The van der Waals surface area contributed by atoms with Gasteiger partial charge in [-0.3, -0.25) is 14.3 Å². The molecule has 3 N–H and O–H groups in total. The zero-order chi connectivity index (χ0) is 16.4. The van der Waals surface area contributed by atoms with Gasteiger partial charge in [-0.2, -0.15) is 0 Å². The molecule has 1 saturated heterocycles. The van der Waals surface area contributed by atoms with Crippen LogP contribution in [0.2, 0.25) is 0 Å². The third-order valence-electron chi connectivity index (χ3n) is 3.78. The maximum absolute atomic E-state index is 12.0. The van der Waals surface area contributed by atoms with Crippen LogP contribution < -0.4 is 11.2 Å². The number of nitrogens with one attached hydrogen (secondary N) is 1. The van der Waals surface area contributed by atoms with E-state index in [1.807, 2.05) is 24.3 Å². The maximum Gasteiger partial charge on any atom is 0.330 e. The number of ether oxygens (including phenoxy) is 1. The molecule has 0 saturated carbocycles. The smallest absolute Gasteiger partial charge is 0.330 e. The lowest BCUT2D eigenvalue weighted by Gasteiger charge is -2.14. The Morgan fingerprint density at radius 3 is 2.74 bits per heavy atom. The molecule has 0 amide bonds. The molecule has 120 valence electrons. The Hall–Kier alpha value is -2.40. The van der Waals surface area contributed by atoms with Gasteiger partial charge >= 0.3 is 5.69 Å². The van der Waals surface area contributed by atoms with Crippen molar-refractivity contribution in [2.45, 2.75) is 24.9 Å². The number of aliphatic hydroxyl groups excluding tert-OH is 2. The first-order valence-corrected chi connectivity index (χ1v) is 7.25. The average molecular weight is 316 g/mol. The van der Waals surface area contributed by atoms with Crippen LogP contribution in [0.5, 0.6) is 0 Å². The van der Waals surface area contributed by atoms with Crippen molar-refractivity contribution in [3.05, 3.63) is 56.9 Å². The summed E-state index contributed by atoms with van der Waals surface area (Å²) >= 11 is 0. The molecule has 7 heteroatoms. The second-order valence-electron chi connectivity index (χ2n) is 5.39. The van der Waals surface area contributed by atoms with Crippen LogP contribution in [0.25, 0.3) is 0 Å². The molecule has 1 aliphatic heterocycles. The van der Waals surface area contributed by atoms with Gasteiger partial charge in [0.1, 0.15) is 17.9 Å². The minimum absolute atomic E-state index is 0.0573. The van der Waals surface area contributed by atoms with E-state index < -0.39 is 29.7 Å². The van der Waals surface area contributed by atoms with Crippen LogP contribution in [0, 0.1) is 17.8 Å². The van der Waals surface area contributed by atoms with E-state index in [0.29, 0.717) is 0 Å². The van der Waals surface area contributed by atoms with Crippen molar-refractivity contribution in [2.24, 2.45) is 5.92 Å². The van der Waals surface area contributed by atoms with Crippen molar-refractivity contribution in [1.29, 1.82) is 0 Å². The normalized spacial score (nSPS) is 26.4. The number of aromatic amines is 1. The van der Waals surface area contributed by atoms with Crippen LogP contribution in [0.1, 0.15) is 18.2 Å². The van der Waals surface area contributed by atoms with Crippen molar-refractivity contribution in [1.82, 2.24) is 9.55 Å². The summed E-state index contributed by atoms with van der Waals surface area (Å²) in [5.74, 6) is 5.62. The Morgan fingerprint density at radius 1 is 1.35 bits per heavy atom. The second kappa shape index (κ2) is 6.38. The van der Waals surface area contributed by atoms with Gasteiger partial charge in [0.25, 0.3) is 5.56 Å². The molecular weight excluding hydrogens is 300 g/mol. The summed E-state index contributed by atoms with van der Waals surface area (Å²) in [6.07, 6.45) is 6.62. The molecule has 0 radical (unpaired) electrons. The van der Waals surface area contributed by atoms with Crippen LogP contribution in [-0.4, -0.2) is 38.6 Å². The first kappa shape index (κ1) is 15.5. The van der Waals surface area contributed by atoms with Gasteiger partial charge < -0.3 is 14.9 Å². The summed E-state index contributed by atoms with van der Waals surface area (Å²) in [7, 11) is 0. The molecule has 1 fully saturated rings. The lowest BCUT2D eigenvalue weighted by molar-refractivity contribution is -0.0459. The molecule has 0 unspecified atom stereocenters. The molecule has 0 bridgehead atoms. The number of hydrogen-bond acceptors (Lipinski definition) is 5. The standard InChI is InChI=1S/C16H16N2O5/c19-9-13-12(20)7-14(23-13)18-8-11(15(21)17-16(18)22)6-5-10-3-1-2-4-10/h1-4,8,10,12-14,19-20H,7,9H2,(H,17,21,22)/t12-,13+,14+/m0/s1. The first-order chi connectivity index (χ1) is 11.1. The van der Waals surface area contributed by atoms with Crippen LogP contribution in [-0.2, 0) is 4.74 Å². The molecule has 2 aliphatic rings. The number of hydrogen-bond donors (Lipinski definition) is 3. The SMILES string of the molecule is O=c1[nH]c(=O)n([C@H]2C[C@H](O)[C@@H](CO)O2)cc1C#CC1C=CC=C1. The van der Waals surface area contributed by atoms with Crippen molar-refractivity contribution in [3.8, 4) is 11.8 Å². The molecular formula is C16H16N2O5. The van der Waals surface area contributed by atoms with E-state index in [-0.39, 0.29) is 24.5 Å². The van der Waals surface area contributed by atoms with Crippen molar-refractivity contribution < 1.29 is 14.9 Å². The zero-order valence-corrected chi connectivity index (χ0v) is 12.2. The highest BCUT2D eigenvalue weighted by Gasteiger charge is 2.35. The molecule has 23 heavy (non-hydrogen) atoms. The molecule has 1 aliphatic carbocycles. The summed E-state index contributed by atoms with van der Waals surface area (Å²) in [6, 6.07) is 0. The average Bonchev–Trinajstić information content (AvgIpc) is 3.15.